The maximum atomic E-state index is 6.37. The smallest absolute Gasteiger partial charge is 0.0492 e. The van der Waals surface area contributed by atoms with Crippen molar-refractivity contribution in [2.45, 2.75) is 0 Å². The third-order valence-corrected chi connectivity index (χ3v) is 8.55. The fraction of sp³-hybridized carbons (Fsp3) is 0. The Kier molecular flexibility index (Phi) is 5.79. The number of thiophene rings is 2. The molecule has 4 heteroatoms. The zero-order chi connectivity index (χ0) is 20.5. The second kappa shape index (κ2) is 8.67. The van der Waals surface area contributed by atoms with Gasteiger partial charge in [0.05, 0.1) is 0 Å². The van der Waals surface area contributed by atoms with E-state index in [9.17, 15) is 0 Å². The molecule has 0 atom stereocenters. The van der Waals surface area contributed by atoms with Gasteiger partial charge >= 0.3 is 0 Å². The van der Waals surface area contributed by atoms with Crippen LogP contribution in [-0.2, 0) is 0 Å². The van der Waals surface area contributed by atoms with Crippen LogP contribution in [0.4, 0.5) is 0 Å². The molecule has 2 aromatic heterocycles. The molecule has 0 spiro atoms. The van der Waals surface area contributed by atoms with Crippen molar-refractivity contribution in [1.29, 1.82) is 0 Å². The highest BCUT2D eigenvalue weighted by Crippen LogP contribution is 2.39. The van der Waals surface area contributed by atoms with Crippen LogP contribution >= 0.6 is 56.9 Å². The summed E-state index contributed by atoms with van der Waals surface area (Å²) < 4.78 is 1.28. The quantitative estimate of drug-likeness (QED) is 0.194. The summed E-state index contributed by atoms with van der Waals surface area (Å²) in [6.07, 6.45) is 0. The molecule has 3 aromatic carbocycles. The number of rotatable bonds is 4. The van der Waals surface area contributed by atoms with E-state index in [4.69, 9.17) is 11.6 Å². The molecular weight excluding hydrogens is 539 g/mol. The molecule has 0 aliphatic rings. The number of hydrogen-bond acceptors (Lipinski definition) is 2. The van der Waals surface area contributed by atoms with Crippen LogP contribution in [-0.4, -0.2) is 0 Å². The summed E-state index contributed by atoms with van der Waals surface area (Å²) in [5.74, 6) is 0. The molecule has 0 saturated carbocycles. The Morgan fingerprint density at radius 3 is 1.53 bits per heavy atom. The van der Waals surface area contributed by atoms with Crippen molar-refractivity contribution in [3.8, 4) is 41.8 Å². The van der Waals surface area contributed by atoms with Crippen LogP contribution in [0.15, 0.2) is 97.1 Å². The van der Waals surface area contributed by atoms with Crippen molar-refractivity contribution < 1.29 is 0 Å². The minimum atomic E-state index is 0.794. The van der Waals surface area contributed by atoms with Gasteiger partial charge in [-0.2, -0.15) is 0 Å². The van der Waals surface area contributed by atoms with Crippen LogP contribution in [0.2, 0.25) is 5.02 Å². The first-order chi connectivity index (χ1) is 14.7. The molecule has 0 nitrogen and oxygen atoms in total. The fourth-order valence-corrected chi connectivity index (χ4v) is 6.65. The lowest BCUT2D eigenvalue weighted by Gasteiger charge is -2.02. The van der Waals surface area contributed by atoms with Crippen LogP contribution in [0, 0.1) is 3.57 Å². The zero-order valence-corrected chi connectivity index (χ0v) is 20.4. The normalized spacial score (nSPS) is 11.0. The minimum Gasteiger partial charge on any atom is -0.135 e. The first kappa shape index (κ1) is 20.0. The minimum absolute atomic E-state index is 0.794. The van der Waals surface area contributed by atoms with Gasteiger partial charge < -0.3 is 0 Å². The highest BCUT2D eigenvalue weighted by atomic mass is 127. The predicted molar refractivity (Wildman–Crippen MR) is 142 cm³/mol. The van der Waals surface area contributed by atoms with Crippen molar-refractivity contribution in [1.82, 2.24) is 0 Å². The molecule has 0 unspecified atom stereocenters. The maximum absolute atomic E-state index is 6.37. The topological polar surface area (TPSA) is 0 Å². The molecule has 0 amide bonds. The predicted octanol–water partition coefficient (Wildman–Crippen LogP) is 9.74. The third kappa shape index (κ3) is 4.00. The summed E-state index contributed by atoms with van der Waals surface area (Å²) in [7, 11) is 0. The van der Waals surface area contributed by atoms with E-state index in [1.54, 1.807) is 11.3 Å². The molecule has 0 N–H and O–H groups in total. The van der Waals surface area contributed by atoms with Gasteiger partial charge in [0, 0.05) is 39.2 Å². The highest BCUT2D eigenvalue weighted by Gasteiger charge is 2.10. The molecule has 0 fully saturated rings. The average molecular weight is 555 g/mol. The van der Waals surface area contributed by atoms with Crippen molar-refractivity contribution >= 4 is 56.9 Å². The molecular formula is C26H16ClIS2. The van der Waals surface area contributed by atoms with Gasteiger partial charge in [0.2, 0.25) is 0 Å². The lowest BCUT2D eigenvalue weighted by atomic mass is 10.1. The molecule has 0 radical (unpaired) electrons. The Morgan fingerprint density at radius 2 is 0.967 bits per heavy atom. The molecule has 30 heavy (non-hydrogen) atoms. The van der Waals surface area contributed by atoms with E-state index in [1.807, 2.05) is 29.5 Å². The van der Waals surface area contributed by atoms with Crippen molar-refractivity contribution in [3.63, 3.8) is 0 Å². The van der Waals surface area contributed by atoms with Crippen LogP contribution in [0.3, 0.4) is 0 Å². The van der Waals surface area contributed by atoms with Crippen molar-refractivity contribution in [2.75, 3.05) is 0 Å². The van der Waals surface area contributed by atoms with Gasteiger partial charge in [-0.05, 0) is 70.1 Å². The standard InChI is InChI=1S/C26H16ClIS2/c27-21-7-3-1-5-19(21)25-15-13-23(29-25)17-9-11-18(12-10-17)24-14-16-26(30-24)20-6-2-4-8-22(20)28/h1-16H. The van der Waals surface area contributed by atoms with E-state index in [0.717, 1.165) is 10.6 Å². The third-order valence-electron chi connectivity index (χ3n) is 4.94. The number of hydrogen-bond donors (Lipinski definition) is 0. The van der Waals surface area contributed by atoms with E-state index < -0.39 is 0 Å². The van der Waals surface area contributed by atoms with Crippen LogP contribution in [0.1, 0.15) is 0 Å². The Bertz CT molecular complexity index is 1210. The zero-order valence-electron chi connectivity index (χ0n) is 15.8. The Hall–Kier alpha value is -1.92. The van der Waals surface area contributed by atoms with E-state index in [-0.39, 0.29) is 0 Å². The van der Waals surface area contributed by atoms with Gasteiger partial charge in [-0.25, -0.2) is 0 Å². The van der Waals surface area contributed by atoms with Crippen LogP contribution < -0.4 is 0 Å². The van der Waals surface area contributed by atoms with E-state index in [1.165, 1.54) is 39.8 Å². The fourth-order valence-electron chi connectivity index (χ4n) is 3.40. The molecule has 0 aliphatic carbocycles. The second-order valence-corrected chi connectivity index (χ2v) is 10.6. The van der Waals surface area contributed by atoms with Gasteiger partial charge in [-0.3, -0.25) is 0 Å². The number of halogens is 2. The molecule has 2 heterocycles. The average Bonchev–Trinajstić information content (AvgIpc) is 3.45. The molecule has 146 valence electrons. The highest BCUT2D eigenvalue weighted by molar-refractivity contribution is 14.1. The van der Waals surface area contributed by atoms with Gasteiger partial charge in [0.15, 0.2) is 0 Å². The van der Waals surface area contributed by atoms with E-state index in [2.05, 4.69) is 101 Å². The Labute approximate surface area is 203 Å². The Morgan fingerprint density at radius 1 is 0.500 bits per heavy atom. The summed E-state index contributed by atoms with van der Waals surface area (Å²) in [4.78, 5) is 5.04. The summed E-state index contributed by atoms with van der Waals surface area (Å²) in [5, 5.41) is 0.794. The van der Waals surface area contributed by atoms with Crippen molar-refractivity contribution in [2.24, 2.45) is 0 Å². The first-order valence-electron chi connectivity index (χ1n) is 9.49. The van der Waals surface area contributed by atoms with Gasteiger partial charge in [-0.1, -0.05) is 72.3 Å². The molecule has 5 rings (SSSR count). The maximum Gasteiger partial charge on any atom is 0.0492 e. The van der Waals surface area contributed by atoms with Gasteiger partial charge in [0.1, 0.15) is 0 Å². The van der Waals surface area contributed by atoms with E-state index >= 15 is 0 Å². The summed E-state index contributed by atoms with van der Waals surface area (Å²) in [6, 6.07) is 34.2. The van der Waals surface area contributed by atoms with Crippen LogP contribution in [0.25, 0.3) is 41.8 Å². The van der Waals surface area contributed by atoms with Crippen molar-refractivity contribution in [3.05, 3.63) is 106 Å². The molecule has 0 aliphatic heterocycles. The number of benzene rings is 3. The monoisotopic (exact) mass is 554 g/mol. The molecule has 0 bridgehead atoms. The molecule has 0 saturated heterocycles. The van der Waals surface area contributed by atoms with E-state index in [0.29, 0.717) is 0 Å². The SMILES string of the molecule is Clc1ccccc1-c1ccc(-c2ccc(-c3ccc(-c4ccccc4I)s3)cc2)s1. The summed E-state index contributed by atoms with van der Waals surface area (Å²) >= 11 is 12.4. The van der Waals surface area contributed by atoms with Gasteiger partial charge in [-0.15, -0.1) is 22.7 Å². The lowest BCUT2D eigenvalue weighted by molar-refractivity contribution is 1.64. The Balaban J connectivity index is 1.41. The second-order valence-electron chi connectivity index (χ2n) is 6.86. The summed E-state index contributed by atoms with van der Waals surface area (Å²) in [5.41, 5.74) is 4.88. The summed E-state index contributed by atoms with van der Waals surface area (Å²) in [6.45, 7) is 0. The van der Waals surface area contributed by atoms with Crippen LogP contribution in [0.5, 0.6) is 0 Å². The lowest BCUT2D eigenvalue weighted by Crippen LogP contribution is -1.76. The largest absolute Gasteiger partial charge is 0.135 e. The first-order valence-corrected chi connectivity index (χ1v) is 12.6. The van der Waals surface area contributed by atoms with Gasteiger partial charge in [0.25, 0.3) is 0 Å². The molecule has 5 aromatic rings.